The molecule has 14 nitrogen and oxygen atoms in total. The average Bonchev–Trinajstić information content (AvgIpc) is 3.43. The topological polar surface area (TPSA) is 185 Å². The number of halogens is 4. The first kappa shape index (κ1) is 35.3. The number of carbonyl (C=O) groups excluding carboxylic acids is 4. The van der Waals surface area contributed by atoms with Crippen LogP contribution < -0.4 is 14.7 Å². The summed E-state index contributed by atoms with van der Waals surface area (Å²) < 4.78 is 13.9. The predicted octanol–water partition coefficient (Wildman–Crippen LogP) is 5.84. The lowest BCUT2D eigenvalue weighted by molar-refractivity contribution is -0.392. The van der Waals surface area contributed by atoms with Gasteiger partial charge in [0.15, 0.2) is 15.4 Å². The zero-order valence-corrected chi connectivity index (χ0v) is 29.2. The van der Waals surface area contributed by atoms with Gasteiger partial charge in [0.25, 0.3) is 11.8 Å². The molecule has 0 aromatic heterocycles. The van der Waals surface area contributed by atoms with Gasteiger partial charge in [-0.1, -0.05) is 23.3 Å². The summed E-state index contributed by atoms with van der Waals surface area (Å²) in [7, 11) is 2.73. The number of alkyl halides is 2. The SMILES string of the molecule is CN(C)c1c([N+](=O)[O-])cc(N2C(=O)C3CC=C4C(CC5(Cl)C(=O)N(c6ccc(F)cc6)C(=O)C5(Cl)C4c4cc(Cl)ccc4O)C3C2=O)cc1[N+](=O)[O-]. The number of allylic oxidation sites excluding steroid dienone is 2. The van der Waals surface area contributed by atoms with E-state index in [9.17, 15) is 48.9 Å². The summed E-state index contributed by atoms with van der Waals surface area (Å²) in [5.41, 5.74) is -1.94. The summed E-state index contributed by atoms with van der Waals surface area (Å²) in [6.45, 7) is 0. The molecule has 0 bridgehead atoms. The van der Waals surface area contributed by atoms with Crippen molar-refractivity contribution < 1.29 is 38.5 Å². The van der Waals surface area contributed by atoms with Crippen molar-refractivity contribution in [2.45, 2.75) is 28.5 Å². The molecule has 6 unspecified atom stereocenters. The summed E-state index contributed by atoms with van der Waals surface area (Å²) >= 11 is 20.9. The Balaban J connectivity index is 1.40. The Morgan fingerprint density at radius 2 is 1.48 bits per heavy atom. The fourth-order valence-electron chi connectivity index (χ4n) is 8.21. The van der Waals surface area contributed by atoms with Crippen LogP contribution in [0.3, 0.4) is 0 Å². The average molecular weight is 773 g/mol. The number of hydrogen-bond acceptors (Lipinski definition) is 10. The molecule has 3 aromatic carbocycles. The van der Waals surface area contributed by atoms with Crippen molar-refractivity contribution in [3.05, 3.63) is 103 Å². The lowest BCUT2D eigenvalue weighted by Gasteiger charge is -2.50. The number of nitrogens with zero attached hydrogens (tertiary/aromatic N) is 5. The highest BCUT2D eigenvalue weighted by Gasteiger charge is 2.77. The molecule has 2 saturated heterocycles. The van der Waals surface area contributed by atoms with Gasteiger partial charge in [-0.25, -0.2) is 14.2 Å². The molecule has 1 N–H and O–H groups in total. The fourth-order valence-corrected chi connectivity index (χ4v) is 9.32. The minimum absolute atomic E-state index is 0.00295. The third-order valence-electron chi connectivity index (χ3n) is 10.3. The Hall–Kier alpha value is -5.12. The van der Waals surface area contributed by atoms with Crippen LogP contribution in [0.15, 0.2) is 66.2 Å². The molecule has 4 amide bonds. The molecule has 0 radical (unpaired) electrons. The van der Waals surface area contributed by atoms with Gasteiger partial charge >= 0.3 is 11.4 Å². The Bertz CT molecular complexity index is 2170. The highest BCUT2D eigenvalue weighted by molar-refractivity contribution is 6.58. The maximum Gasteiger partial charge on any atom is 0.301 e. The van der Waals surface area contributed by atoms with Gasteiger partial charge in [-0.2, -0.15) is 0 Å². The summed E-state index contributed by atoms with van der Waals surface area (Å²) in [4.78, 5) is 77.7. The number of hydrogen-bond donors (Lipinski definition) is 1. The van der Waals surface area contributed by atoms with Gasteiger partial charge < -0.3 is 10.0 Å². The van der Waals surface area contributed by atoms with Gasteiger partial charge in [0.2, 0.25) is 11.8 Å². The molecule has 3 fully saturated rings. The molecule has 2 heterocycles. The second kappa shape index (κ2) is 12.0. The van der Waals surface area contributed by atoms with E-state index in [0.29, 0.717) is 10.5 Å². The van der Waals surface area contributed by atoms with Crippen molar-refractivity contribution in [1.82, 2.24) is 0 Å². The van der Waals surface area contributed by atoms with Gasteiger partial charge in [0, 0.05) is 42.7 Å². The quantitative estimate of drug-likeness (QED) is 0.105. The standard InChI is InChI=1S/C34H25Cl3FN5O9/c1-39(2)28-23(42(49)50)12-18(13-24(28)43(51)52)40-29(45)20-9-8-19-22(26(20)30(40)46)14-33(36)31(47)41(17-6-4-16(38)5-7-17)32(48)34(33,37)27(19)21-11-15(35)3-10-25(21)44/h3-8,10-13,20,22,26-27,44H,9,14H2,1-2H3. The van der Waals surface area contributed by atoms with Crippen LogP contribution in [0.4, 0.5) is 32.8 Å². The lowest BCUT2D eigenvalue weighted by atomic mass is 9.56. The summed E-state index contributed by atoms with van der Waals surface area (Å²) in [6.07, 6.45) is 1.02. The van der Waals surface area contributed by atoms with Crippen LogP contribution in [0.5, 0.6) is 5.75 Å². The Labute approximate surface area is 308 Å². The molecular weight excluding hydrogens is 748 g/mol. The van der Waals surface area contributed by atoms with Gasteiger partial charge in [-0.3, -0.25) is 39.4 Å². The van der Waals surface area contributed by atoms with Crippen LogP contribution in [0.25, 0.3) is 0 Å². The van der Waals surface area contributed by atoms with Crippen molar-refractivity contribution in [2.24, 2.45) is 17.8 Å². The van der Waals surface area contributed by atoms with E-state index in [-0.39, 0.29) is 34.1 Å². The lowest BCUT2D eigenvalue weighted by Crippen LogP contribution is -2.60. The van der Waals surface area contributed by atoms with Crippen LogP contribution in [0.2, 0.25) is 5.02 Å². The number of anilines is 3. The fraction of sp³-hybridized carbons (Fsp3) is 0.294. The molecule has 2 aliphatic heterocycles. The zero-order chi connectivity index (χ0) is 37.8. The van der Waals surface area contributed by atoms with Crippen molar-refractivity contribution >= 4 is 86.9 Å². The molecule has 1 saturated carbocycles. The summed E-state index contributed by atoms with van der Waals surface area (Å²) in [6, 6.07) is 10.2. The predicted molar refractivity (Wildman–Crippen MR) is 186 cm³/mol. The molecule has 18 heteroatoms. The molecule has 6 atom stereocenters. The highest BCUT2D eigenvalue weighted by atomic mass is 35.5. The first-order valence-corrected chi connectivity index (χ1v) is 16.8. The Morgan fingerprint density at radius 1 is 0.865 bits per heavy atom. The van der Waals surface area contributed by atoms with E-state index in [4.69, 9.17) is 34.8 Å². The van der Waals surface area contributed by atoms with Gasteiger partial charge in [0.1, 0.15) is 11.6 Å². The Kier molecular flexibility index (Phi) is 8.12. The third-order valence-corrected chi connectivity index (χ3v) is 12.0. The molecule has 52 heavy (non-hydrogen) atoms. The number of rotatable bonds is 6. The smallest absolute Gasteiger partial charge is 0.301 e. The first-order valence-electron chi connectivity index (χ1n) is 15.7. The normalized spacial score (nSPS) is 28.0. The third kappa shape index (κ3) is 4.75. The van der Waals surface area contributed by atoms with Gasteiger partial charge in [-0.15, -0.1) is 23.2 Å². The van der Waals surface area contributed by atoms with E-state index in [0.717, 1.165) is 29.2 Å². The minimum atomic E-state index is -2.34. The second-order valence-corrected chi connectivity index (χ2v) is 14.9. The van der Waals surface area contributed by atoms with Crippen LogP contribution in [-0.2, 0) is 19.2 Å². The molecule has 2 aliphatic carbocycles. The monoisotopic (exact) mass is 771 g/mol. The minimum Gasteiger partial charge on any atom is -0.508 e. The maximum atomic E-state index is 14.5. The van der Waals surface area contributed by atoms with E-state index in [1.807, 2.05) is 0 Å². The van der Waals surface area contributed by atoms with Crippen LogP contribution in [0.1, 0.15) is 24.3 Å². The highest BCUT2D eigenvalue weighted by Crippen LogP contribution is 2.66. The Morgan fingerprint density at radius 3 is 2.06 bits per heavy atom. The first-order chi connectivity index (χ1) is 24.4. The number of nitro benzene ring substituents is 2. The number of fused-ring (bicyclic) bond motifs is 4. The number of benzene rings is 3. The molecule has 268 valence electrons. The molecule has 0 spiro atoms. The number of phenols is 1. The van der Waals surface area contributed by atoms with E-state index in [1.54, 1.807) is 6.08 Å². The van der Waals surface area contributed by atoms with Crippen molar-refractivity contribution in [1.29, 1.82) is 0 Å². The maximum absolute atomic E-state index is 14.5. The van der Waals surface area contributed by atoms with E-state index in [1.165, 1.54) is 49.3 Å². The number of phenolic OH excluding ortho intramolecular Hbond substituents is 1. The van der Waals surface area contributed by atoms with E-state index < -0.39 is 96.2 Å². The van der Waals surface area contributed by atoms with Gasteiger partial charge in [0.05, 0.1) is 33.1 Å². The number of amides is 4. The van der Waals surface area contributed by atoms with Gasteiger partial charge in [-0.05, 0) is 61.2 Å². The summed E-state index contributed by atoms with van der Waals surface area (Å²) in [5, 5.41) is 35.5. The number of aromatic hydroxyl groups is 1. The molecule has 7 rings (SSSR count). The second-order valence-electron chi connectivity index (χ2n) is 13.2. The number of nitro groups is 2. The van der Waals surface area contributed by atoms with Crippen LogP contribution in [-0.4, -0.2) is 62.4 Å². The summed E-state index contributed by atoms with van der Waals surface area (Å²) in [5.74, 6) is -9.53. The largest absolute Gasteiger partial charge is 0.508 e. The molecule has 3 aromatic rings. The van der Waals surface area contributed by atoms with Crippen LogP contribution >= 0.6 is 34.8 Å². The van der Waals surface area contributed by atoms with Crippen molar-refractivity contribution in [2.75, 3.05) is 28.8 Å². The van der Waals surface area contributed by atoms with E-state index >= 15 is 0 Å². The molecular formula is C34H25Cl3FN5O9. The zero-order valence-electron chi connectivity index (χ0n) is 27.0. The number of imide groups is 2. The van der Waals surface area contributed by atoms with E-state index in [2.05, 4.69) is 0 Å². The number of carbonyl (C=O) groups is 4. The molecule has 4 aliphatic rings. The van der Waals surface area contributed by atoms with Crippen molar-refractivity contribution in [3.63, 3.8) is 0 Å². The van der Waals surface area contributed by atoms with Crippen molar-refractivity contribution in [3.8, 4) is 5.75 Å². The van der Waals surface area contributed by atoms with Crippen LogP contribution in [0, 0.1) is 43.8 Å².